The zero-order valence-corrected chi connectivity index (χ0v) is 14.0. The molecule has 7 heteroatoms. The summed E-state index contributed by atoms with van der Waals surface area (Å²) in [7, 11) is 1.75. The number of rotatable bonds is 5. The van der Waals surface area contributed by atoms with E-state index in [0.29, 0.717) is 5.69 Å². The van der Waals surface area contributed by atoms with Gasteiger partial charge >= 0.3 is 0 Å². The summed E-state index contributed by atoms with van der Waals surface area (Å²) in [6.45, 7) is 2.14. The second kappa shape index (κ2) is 6.41. The van der Waals surface area contributed by atoms with Crippen LogP contribution >= 0.6 is 0 Å². The molecule has 0 unspecified atom stereocenters. The summed E-state index contributed by atoms with van der Waals surface area (Å²) in [5.74, 6) is 0. The number of aryl methyl sites for hydroxylation is 1. The zero-order chi connectivity index (χ0) is 16.3. The van der Waals surface area contributed by atoms with Crippen LogP contribution in [-0.4, -0.2) is 43.8 Å². The van der Waals surface area contributed by atoms with Gasteiger partial charge in [0.2, 0.25) is 10.0 Å². The van der Waals surface area contributed by atoms with Crippen molar-refractivity contribution in [2.45, 2.75) is 18.4 Å². The largest absolute Gasteiger partial charge is 0.377 e. The number of nitrogens with zero attached hydrogens (tertiary/aromatic N) is 4. The van der Waals surface area contributed by atoms with Crippen LogP contribution in [0.5, 0.6) is 0 Å². The van der Waals surface area contributed by atoms with Crippen LogP contribution in [0.25, 0.3) is 0 Å². The molecule has 2 rings (SSSR count). The number of aromatic nitrogens is 2. The molecule has 118 valence electrons. The van der Waals surface area contributed by atoms with Gasteiger partial charge in [-0.2, -0.15) is 4.31 Å². The van der Waals surface area contributed by atoms with Crippen LogP contribution in [0.3, 0.4) is 0 Å². The molecule has 0 saturated heterocycles. The fraction of sp³-hybridized carbons (Fsp3) is 0.333. The van der Waals surface area contributed by atoms with Crippen molar-refractivity contribution in [2.75, 3.05) is 26.0 Å². The maximum Gasteiger partial charge on any atom is 0.243 e. The van der Waals surface area contributed by atoms with Crippen molar-refractivity contribution in [3.63, 3.8) is 0 Å². The van der Waals surface area contributed by atoms with Gasteiger partial charge in [0, 0.05) is 45.4 Å². The van der Waals surface area contributed by atoms with E-state index >= 15 is 0 Å². The number of hydrogen-bond donors (Lipinski definition) is 0. The molecule has 1 heterocycles. The average molecular weight is 320 g/mol. The molecule has 1 aromatic carbocycles. The molecule has 0 fully saturated rings. The maximum absolute atomic E-state index is 12.7. The van der Waals surface area contributed by atoms with Crippen LogP contribution in [0.2, 0.25) is 0 Å². The van der Waals surface area contributed by atoms with Gasteiger partial charge in [-0.1, -0.05) is 6.07 Å². The van der Waals surface area contributed by atoms with E-state index in [2.05, 4.69) is 9.97 Å². The summed E-state index contributed by atoms with van der Waals surface area (Å²) in [5, 5.41) is 0. The van der Waals surface area contributed by atoms with E-state index in [1.165, 1.54) is 4.31 Å². The summed E-state index contributed by atoms with van der Waals surface area (Å²) in [5.41, 5.74) is 2.52. The highest BCUT2D eigenvalue weighted by Crippen LogP contribution is 2.24. The fourth-order valence-corrected chi connectivity index (χ4v) is 3.30. The van der Waals surface area contributed by atoms with Gasteiger partial charge in [-0.25, -0.2) is 8.42 Å². The first-order valence-corrected chi connectivity index (χ1v) is 8.25. The van der Waals surface area contributed by atoms with Crippen LogP contribution in [-0.2, 0) is 16.6 Å². The van der Waals surface area contributed by atoms with E-state index in [9.17, 15) is 8.42 Å². The smallest absolute Gasteiger partial charge is 0.243 e. The Balaban J connectivity index is 2.32. The van der Waals surface area contributed by atoms with Gasteiger partial charge in [-0.15, -0.1) is 0 Å². The Kier molecular flexibility index (Phi) is 4.77. The van der Waals surface area contributed by atoms with Crippen LogP contribution in [0.15, 0.2) is 41.7 Å². The quantitative estimate of drug-likeness (QED) is 0.838. The Hall–Kier alpha value is -1.99. The molecule has 0 spiro atoms. The van der Waals surface area contributed by atoms with Crippen LogP contribution in [0.4, 0.5) is 5.69 Å². The Bertz CT molecular complexity index is 745. The van der Waals surface area contributed by atoms with E-state index in [0.717, 1.165) is 11.3 Å². The summed E-state index contributed by atoms with van der Waals surface area (Å²) in [6, 6.07) is 5.14. The molecule has 0 atom stereocenters. The van der Waals surface area contributed by atoms with Crippen molar-refractivity contribution in [3.8, 4) is 0 Å². The molecule has 2 aromatic rings. The topological polar surface area (TPSA) is 66.4 Å². The predicted octanol–water partition coefficient (Wildman–Crippen LogP) is 1.67. The maximum atomic E-state index is 12.7. The predicted molar refractivity (Wildman–Crippen MR) is 86.2 cm³/mol. The Morgan fingerprint density at radius 1 is 1.14 bits per heavy atom. The van der Waals surface area contributed by atoms with Gasteiger partial charge in [-0.05, 0) is 24.6 Å². The van der Waals surface area contributed by atoms with Crippen molar-refractivity contribution >= 4 is 15.7 Å². The van der Waals surface area contributed by atoms with Gasteiger partial charge in [-0.3, -0.25) is 9.97 Å². The van der Waals surface area contributed by atoms with E-state index in [1.807, 2.05) is 32.0 Å². The molecule has 0 bridgehead atoms. The summed E-state index contributed by atoms with van der Waals surface area (Å²) in [4.78, 5) is 10.2. The van der Waals surface area contributed by atoms with E-state index < -0.39 is 10.0 Å². The van der Waals surface area contributed by atoms with Crippen molar-refractivity contribution in [1.82, 2.24) is 14.3 Å². The van der Waals surface area contributed by atoms with Crippen LogP contribution < -0.4 is 4.90 Å². The lowest BCUT2D eigenvalue weighted by Crippen LogP contribution is -2.27. The van der Waals surface area contributed by atoms with Gasteiger partial charge in [0.15, 0.2) is 0 Å². The normalized spacial score (nSPS) is 11.7. The molecule has 0 aliphatic heterocycles. The molecule has 0 radical (unpaired) electrons. The number of benzene rings is 1. The third-order valence-electron chi connectivity index (χ3n) is 3.37. The fourth-order valence-electron chi connectivity index (χ4n) is 2.14. The summed E-state index contributed by atoms with van der Waals surface area (Å²) in [6.07, 6.45) is 4.67. The first-order valence-electron chi connectivity index (χ1n) is 6.81. The van der Waals surface area contributed by atoms with E-state index in [1.54, 1.807) is 37.8 Å². The van der Waals surface area contributed by atoms with Gasteiger partial charge in [0.05, 0.1) is 17.1 Å². The molecular weight excluding hydrogens is 300 g/mol. The summed E-state index contributed by atoms with van der Waals surface area (Å²) >= 11 is 0. The standard InChI is InChI=1S/C15H20N4O2S/c1-12-5-6-14(9-15(12)18(2)3)22(20,21)19(4)11-13-10-16-7-8-17-13/h5-10H,11H2,1-4H3. The minimum absolute atomic E-state index is 0.182. The first kappa shape index (κ1) is 16.4. The zero-order valence-electron chi connectivity index (χ0n) is 13.2. The third kappa shape index (κ3) is 3.42. The van der Waals surface area contributed by atoms with Crippen molar-refractivity contribution < 1.29 is 8.42 Å². The molecule has 0 aliphatic carbocycles. The third-order valence-corrected chi connectivity index (χ3v) is 5.17. The highest BCUT2D eigenvalue weighted by molar-refractivity contribution is 7.89. The van der Waals surface area contributed by atoms with E-state index in [4.69, 9.17) is 0 Å². The van der Waals surface area contributed by atoms with Crippen LogP contribution in [0.1, 0.15) is 11.3 Å². The van der Waals surface area contributed by atoms with Gasteiger partial charge in [0.1, 0.15) is 0 Å². The monoisotopic (exact) mass is 320 g/mol. The van der Waals surface area contributed by atoms with Gasteiger partial charge in [0.25, 0.3) is 0 Å². The van der Waals surface area contributed by atoms with Crippen molar-refractivity contribution in [3.05, 3.63) is 48.0 Å². The number of sulfonamides is 1. The lowest BCUT2D eigenvalue weighted by molar-refractivity contribution is 0.461. The Morgan fingerprint density at radius 3 is 2.45 bits per heavy atom. The molecule has 1 aromatic heterocycles. The first-order chi connectivity index (χ1) is 10.3. The summed E-state index contributed by atoms with van der Waals surface area (Å²) < 4.78 is 26.6. The molecule has 0 aliphatic rings. The van der Waals surface area contributed by atoms with E-state index in [-0.39, 0.29) is 11.4 Å². The lowest BCUT2D eigenvalue weighted by atomic mass is 10.2. The SMILES string of the molecule is Cc1ccc(S(=O)(=O)N(C)Cc2cnccn2)cc1N(C)C. The average Bonchev–Trinajstić information content (AvgIpc) is 2.48. The Morgan fingerprint density at radius 2 is 1.86 bits per heavy atom. The van der Waals surface area contributed by atoms with Gasteiger partial charge < -0.3 is 4.90 Å². The molecule has 0 N–H and O–H groups in total. The second-order valence-electron chi connectivity index (χ2n) is 5.30. The van der Waals surface area contributed by atoms with Crippen molar-refractivity contribution in [2.24, 2.45) is 0 Å². The highest BCUT2D eigenvalue weighted by atomic mass is 32.2. The van der Waals surface area contributed by atoms with Crippen LogP contribution in [0, 0.1) is 6.92 Å². The molecular formula is C15H20N4O2S. The molecule has 6 nitrogen and oxygen atoms in total. The molecule has 0 saturated carbocycles. The second-order valence-corrected chi connectivity index (χ2v) is 7.35. The minimum atomic E-state index is -3.57. The van der Waals surface area contributed by atoms with Crippen molar-refractivity contribution in [1.29, 1.82) is 0 Å². The number of anilines is 1. The minimum Gasteiger partial charge on any atom is -0.377 e. The molecule has 0 amide bonds. The highest BCUT2D eigenvalue weighted by Gasteiger charge is 2.22. The molecule has 22 heavy (non-hydrogen) atoms. The Labute approximate surface area is 131 Å². The lowest BCUT2D eigenvalue weighted by Gasteiger charge is -2.20. The number of hydrogen-bond acceptors (Lipinski definition) is 5.